The van der Waals surface area contributed by atoms with Crippen LogP contribution in [-0.2, 0) is 27.1 Å². The number of benzene rings is 8. The van der Waals surface area contributed by atoms with Gasteiger partial charge in [0.2, 0.25) is 0 Å². The van der Waals surface area contributed by atoms with E-state index >= 15 is 0 Å². The average molecular weight is 999 g/mol. The second-order valence-corrected chi connectivity index (χ2v) is 25.9. The van der Waals surface area contributed by atoms with Crippen molar-refractivity contribution in [3.63, 3.8) is 0 Å². The molecule has 2 aromatic heterocycles. The predicted octanol–water partition coefficient (Wildman–Crippen LogP) is 17.9. The Morgan fingerprint density at radius 3 is 1.76 bits per heavy atom. The van der Waals surface area contributed by atoms with E-state index in [1.165, 1.54) is 27.8 Å². The number of hydrogen-bond donors (Lipinski definition) is 0. The molecular formula is C70H68BN3O2. The zero-order valence-corrected chi connectivity index (χ0v) is 45.8. The number of anilines is 9. The summed E-state index contributed by atoms with van der Waals surface area (Å²) < 4.78 is 61.1. The van der Waals surface area contributed by atoms with Gasteiger partial charge in [0.05, 0.1) is 29.6 Å². The summed E-state index contributed by atoms with van der Waals surface area (Å²) >= 11 is 0. The fraction of sp³-hybridized carbons (Fsp3) is 0.286. The summed E-state index contributed by atoms with van der Waals surface area (Å²) in [5, 5.41) is 3.06. The lowest BCUT2D eigenvalue weighted by Gasteiger charge is -2.47. The zero-order valence-electron chi connectivity index (χ0n) is 50.8. The highest BCUT2D eigenvalue weighted by Gasteiger charge is 2.50. The SMILES string of the molecule is [2H]c1c([2H])c([2H])c(N(c2ccccc2)c2cc3c4c(c2)N(c2cccc5c2oc2ccccc25)c2cc5c(cc2B4c2oc4cc6c(cc4c2N3c2ccc(C(C)(C)C)cc2)C(C)(C)CCC6(C)C)C(C)(C)CCC5(C)C)c([2H])c1[2H]. The predicted molar refractivity (Wildman–Crippen MR) is 321 cm³/mol. The molecule has 14 rings (SSSR count). The van der Waals surface area contributed by atoms with Crippen LogP contribution in [0.3, 0.4) is 0 Å². The maximum atomic E-state index is 9.65. The van der Waals surface area contributed by atoms with Crippen LogP contribution in [0.25, 0.3) is 32.9 Å². The van der Waals surface area contributed by atoms with Crippen LogP contribution < -0.4 is 31.3 Å². The first-order valence-electron chi connectivity index (χ1n) is 29.9. The fourth-order valence-electron chi connectivity index (χ4n) is 13.6. The monoisotopic (exact) mass is 999 g/mol. The van der Waals surface area contributed by atoms with Gasteiger partial charge in [-0.1, -0.05) is 161 Å². The summed E-state index contributed by atoms with van der Waals surface area (Å²) in [6.07, 6.45) is 4.19. The second-order valence-electron chi connectivity index (χ2n) is 25.9. The third kappa shape index (κ3) is 6.91. The lowest BCUT2D eigenvalue weighted by molar-refractivity contribution is 0.332. The molecule has 0 radical (unpaired) electrons. The number of hydrogen-bond acceptors (Lipinski definition) is 5. The summed E-state index contributed by atoms with van der Waals surface area (Å²) in [7, 11) is 0. The molecule has 4 aliphatic rings. The van der Waals surface area contributed by atoms with E-state index in [9.17, 15) is 2.74 Å². The molecule has 0 unspecified atom stereocenters. The van der Waals surface area contributed by atoms with Gasteiger partial charge < -0.3 is 23.5 Å². The van der Waals surface area contributed by atoms with Crippen LogP contribution >= 0.6 is 0 Å². The van der Waals surface area contributed by atoms with Gasteiger partial charge in [-0.25, -0.2) is 0 Å². The summed E-state index contributed by atoms with van der Waals surface area (Å²) in [4.78, 5) is 6.67. The summed E-state index contributed by atoms with van der Waals surface area (Å²) in [6, 6.07) is 45.7. The minimum Gasteiger partial charge on any atom is -0.468 e. The van der Waals surface area contributed by atoms with Crippen molar-refractivity contribution >= 4 is 107 Å². The van der Waals surface area contributed by atoms with E-state index in [2.05, 4.69) is 177 Å². The van der Waals surface area contributed by atoms with Gasteiger partial charge in [-0.05, 0) is 170 Å². The van der Waals surface area contributed by atoms with Gasteiger partial charge in [0.25, 0.3) is 6.71 Å². The van der Waals surface area contributed by atoms with E-state index < -0.39 is 24.8 Å². The molecule has 10 aromatic rings. The van der Waals surface area contributed by atoms with Crippen molar-refractivity contribution in [3.05, 3.63) is 191 Å². The summed E-state index contributed by atoms with van der Waals surface area (Å²) in [5.74, 6) is 0. The highest BCUT2D eigenvalue weighted by Crippen LogP contribution is 2.55. The van der Waals surface area contributed by atoms with Crippen LogP contribution in [0.1, 0.15) is 137 Å². The van der Waals surface area contributed by atoms with Crippen molar-refractivity contribution < 1.29 is 15.7 Å². The van der Waals surface area contributed by atoms with Crippen LogP contribution in [0.5, 0.6) is 0 Å². The first kappa shape index (κ1) is 41.8. The minimum atomic E-state index is -0.445. The second kappa shape index (κ2) is 16.1. The van der Waals surface area contributed by atoms with Crippen LogP contribution in [-0.4, -0.2) is 6.71 Å². The molecule has 2 aliphatic heterocycles. The molecule has 0 saturated carbocycles. The van der Waals surface area contributed by atoms with E-state index in [1.54, 1.807) is 0 Å². The highest BCUT2D eigenvalue weighted by atomic mass is 16.3. The molecule has 5 nitrogen and oxygen atoms in total. The molecule has 0 atom stereocenters. The number of para-hydroxylation sites is 4. The molecule has 0 fully saturated rings. The van der Waals surface area contributed by atoms with Gasteiger partial charge in [-0.15, -0.1) is 0 Å². The number of rotatable bonds is 5. The smallest absolute Gasteiger partial charge is 0.297 e. The van der Waals surface area contributed by atoms with E-state index in [0.29, 0.717) is 11.4 Å². The van der Waals surface area contributed by atoms with Gasteiger partial charge in [-0.3, -0.25) is 0 Å². The number of nitrogens with zero attached hydrogens (tertiary/aromatic N) is 3. The minimum absolute atomic E-state index is 0.0545. The summed E-state index contributed by atoms with van der Waals surface area (Å²) in [6.45, 7) is 25.4. The highest BCUT2D eigenvalue weighted by molar-refractivity contribution is 7.00. The van der Waals surface area contributed by atoms with Crippen molar-refractivity contribution in [1.29, 1.82) is 0 Å². The molecule has 2 aliphatic carbocycles. The maximum absolute atomic E-state index is 9.65. The Balaban J connectivity index is 1.19. The molecule has 76 heavy (non-hydrogen) atoms. The molecule has 0 amide bonds. The van der Waals surface area contributed by atoms with E-state index in [1.807, 2.05) is 47.4 Å². The Hall–Kier alpha value is -7.44. The van der Waals surface area contributed by atoms with E-state index in [0.717, 1.165) is 109 Å². The van der Waals surface area contributed by atoms with Gasteiger partial charge >= 0.3 is 0 Å². The molecule has 6 heteroatoms. The molecule has 0 spiro atoms. The molecule has 378 valence electrons. The van der Waals surface area contributed by atoms with Crippen LogP contribution in [0.15, 0.2) is 173 Å². The van der Waals surface area contributed by atoms with Crippen LogP contribution in [0, 0.1) is 0 Å². The normalized spacial score (nSPS) is 18.5. The first-order chi connectivity index (χ1) is 38.4. The van der Waals surface area contributed by atoms with Gasteiger partial charge in [0.1, 0.15) is 11.2 Å². The maximum Gasteiger partial charge on any atom is 0.297 e. The summed E-state index contributed by atoms with van der Waals surface area (Å²) in [5.41, 5.74) is 18.2. The van der Waals surface area contributed by atoms with Crippen molar-refractivity contribution in [1.82, 2.24) is 0 Å². The number of furan rings is 2. The molecule has 4 heterocycles. The fourth-order valence-corrected chi connectivity index (χ4v) is 13.6. The lowest BCUT2D eigenvalue weighted by atomic mass is 9.35. The topological polar surface area (TPSA) is 36.0 Å². The molecule has 8 aromatic carbocycles. The quantitative estimate of drug-likeness (QED) is 0.161. The van der Waals surface area contributed by atoms with Crippen LogP contribution in [0.2, 0.25) is 0 Å². The molecular weight excluding hydrogens is 926 g/mol. The Bertz CT molecular complexity index is 4290. The van der Waals surface area contributed by atoms with Gasteiger partial charge in [-0.2, -0.15) is 0 Å². The largest absolute Gasteiger partial charge is 0.468 e. The molecule has 0 saturated heterocycles. The third-order valence-corrected chi connectivity index (χ3v) is 18.2. The number of fused-ring (bicyclic) bond motifs is 11. The van der Waals surface area contributed by atoms with E-state index in [4.69, 9.17) is 12.9 Å². The Labute approximate surface area is 456 Å². The Kier molecular flexibility index (Phi) is 8.82. The first-order valence-corrected chi connectivity index (χ1v) is 27.4. The average Bonchev–Trinajstić information content (AvgIpc) is 3.86. The van der Waals surface area contributed by atoms with Crippen molar-refractivity contribution in [2.45, 2.75) is 129 Å². The van der Waals surface area contributed by atoms with Crippen molar-refractivity contribution in [2.24, 2.45) is 0 Å². The molecule has 0 N–H and O–H groups in total. The van der Waals surface area contributed by atoms with E-state index in [-0.39, 0.29) is 44.8 Å². The zero-order chi connectivity index (χ0) is 56.8. The van der Waals surface area contributed by atoms with Gasteiger partial charge in [0.15, 0.2) is 5.58 Å². The third-order valence-electron chi connectivity index (χ3n) is 18.2. The van der Waals surface area contributed by atoms with Gasteiger partial charge in [0, 0.05) is 50.3 Å². The Morgan fingerprint density at radius 2 is 1.09 bits per heavy atom. The van der Waals surface area contributed by atoms with Crippen molar-refractivity contribution in [2.75, 3.05) is 14.7 Å². The van der Waals surface area contributed by atoms with Crippen LogP contribution in [0.4, 0.5) is 51.2 Å². The molecule has 0 bridgehead atoms. The standard InChI is InChI=1S/C70H68BN3O2/c1-66(2,3)43-29-31-46(32-30-43)73-58-37-47(72(44-21-14-12-15-22-44)45-23-16-13-17-24-45)38-59-62(58)71(65-63(73)50-39-51-54(42-61(50)76-65)70(10,11)36-33-67(51,4)5)55-40-52-53(69(8,9)35-34-68(52,6)7)41-57(55)74(59)56-27-20-26-49-48-25-18-19-28-60(48)75-64(49)56/h12-32,37-42H,33-36H2,1-11H3/i12D,14D,15D,21D,22D. The lowest BCUT2D eigenvalue weighted by Crippen LogP contribution is -2.61. The van der Waals surface area contributed by atoms with Crippen molar-refractivity contribution in [3.8, 4) is 0 Å². The Morgan fingerprint density at radius 1 is 0.500 bits per heavy atom.